The monoisotopic (exact) mass is 330 g/mol. The number of hydrogen-bond donors (Lipinski definition) is 0. The van der Waals surface area contributed by atoms with Crippen LogP contribution in [0.1, 0.15) is 0 Å². The van der Waals surface area contributed by atoms with Gasteiger partial charge in [0.1, 0.15) is 16.9 Å². The van der Waals surface area contributed by atoms with Gasteiger partial charge in [-0.2, -0.15) is 0 Å². The van der Waals surface area contributed by atoms with Crippen LogP contribution in [-0.4, -0.2) is 9.97 Å². The van der Waals surface area contributed by atoms with Crippen LogP contribution in [0.3, 0.4) is 0 Å². The van der Waals surface area contributed by atoms with Crippen molar-refractivity contribution < 1.29 is 4.42 Å². The number of nitrogens with zero attached hydrogens (tertiary/aromatic N) is 2. The van der Waals surface area contributed by atoms with E-state index in [4.69, 9.17) is 21.0 Å². The first kappa shape index (κ1) is 13.5. The van der Waals surface area contributed by atoms with Crippen LogP contribution in [0.5, 0.6) is 0 Å². The number of hydrogen-bond acceptors (Lipinski definition) is 3. The van der Waals surface area contributed by atoms with Crippen LogP contribution in [0.15, 0.2) is 71.1 Å². The smallest absolute Gasteiger partial charge is 0.156 e. The topological polar surface area (TPSA) is 38.9 Å². The summed E-state index contributed by atoms with van der Waals surface area (Å²) in [6, 6.07) is 21.7. The molecule has 0 radical (unpaired) electrons. The zero-order valence-electron chi connectivity index (χ0n) is 12.5. The molecular weight excluding hydrogens is 320 g/mol. The van der Waals surface area contributed by atoms with Gasteiger partial charge in [0.05, 0.1) is 11.0 Å². The zero-order valence-corrected chi connectivity index (χ0v) is 13.3. The summed E-state index contributed by atoms with van der Waals surface area (Å²) in [6.45, 7) is 0. The predicted octanol–water partition coefficient (Wildman–Crippen LogP) is 5.85. The molecule has 4 heteroatoms. The Kier molecular flexibility index (Phi) is 2.84. The maximum atomic E-state index is 6.42. The van der Waals surface area contributed by atoms with E-state index in [1.165, 1.54) is 0 Å². The Balaban J connectivity index is 1.88. The highest BCUT2D eigenvalue weighted by molar-refractivity contribution is 6.32. The maximum absolute atomic E-state index is 6.42. The Bertz CT molecular complexity index is 1230. The van der Waals surface area contributed by atoms with Crippen molar-refractivity contribution in [1.29, 1.82) is 0 Å². The number of furan rings is 1. The van der Waals surface area contributed by atoms with Gasteiger partial charge in [-0.05, 0) is 24.3 Å². The Morgan fingerprint density at radius 3 is 2.29 bits per heavy atom. The van der Waals surface area contributed by atoms with Gasteiger partial charge in [0.25, 0.3) is 0 Å². The first-order valence-electron chi connectivity index (χ1n) is 7.64. The molecule has 0 aliphatic carbocycles. The molecule has 2 heterocycles. The lowest BCUT2D eigenvalue weighted by molar-refractivity contribution is 0.670. The van der Waals surface area contributed by atoms with Crippen molar-refractivity contribution in [3.8, 4) is 11.3 Å². The van der Waals surface area contributed by atoms with Crippen molar-refractivity contribution in [1.82, 2.24) is 9.97 Å². The molecule has 3 nitrogen and oxygen atoms in total. The Morgan fingerprint density at radius 1 is 0.708 bits per heavy atom. The molecule has 2 aromatic heterocycles. The SMILES string of the molecule is Clc1nc2ccccc2nc1-c1cccc2c1oc1ccccc12. The first-order valence-corrected chi connectivity index (χ1v) is 8.02. The summed E-state index contributed by atoms with van der Waals surface area (Å²) in [4.78, 5) is 9.18. The van der Waals surface area contributed by atoms with E-state index in [2.05, 4.69) is 11.1 Å². The molecule has 0 fully saturated rings. The normalized spacial score (nSPS) is 11.5. The fourth-order valence-electron chi connectivity index (χ4n) is 3.08. The minimum atomic E-state index is 0.377. The van der Waals surface area contributed by atoms with Gasteiger partial charge in [0, 0.05) is 16.3 Å². The van der Waals surface area contributed by atoms with Crippen LogP contribution in [-0.2, 0) is 0 Å². The predicted molar refractivity (Wildman–Crippen MR) is 97.3 cm³/mol. The van der Waals surface area contributed by atoms with Gasteiger partial charge in [0.2, 0.25) is 0 Å². The number of rotatable bonds is 1. The minimum Gasteiger partial charge on any atom is -0.455 e. The van der Waals surface area contributed by atoms with E-state index < -0.39 is 0 Å². The summed E-state index contributed by atoms with van der Waals surface area (Å²) in [6.07, 6.45) is 0. The quantitative estimate of drug-likeness (QED) is 0.387. The summed E-state index contributed by atoms with van der Waals surface area (Å²) in [7, 11) is 0. The van der Waals surface area contributed by atoms with Crippen molar-refractivity contribution in [2.24, 2.45) is 0 Å². The molecule has 0 saturated heterocycles. The van der Waals surface area contributed by atoms with Gasteiger partial charge < -0.3 is 4.42 Å². The van der Waals surface area contributed by atoms with Gasteiger partial charge in [-0.3, -0.25) is 0 Å². The van der Waals surface area contributed by atoms with Crippen LogP contribution < -0.4 is 0 Å². The molecule has 0 aliphatic rings. The van der Waals surface area contributed by atoms with Gasteiger partial charge in [-0.15, -0.1) is 0 Å². The minimum absolute atomic E-state index is 0.377. The first-order chi connectivity index (χ1) is 11.8. The number of fused-ring (bicyclic) bond motifs is 4. The van der Waals surface area contributed by atoms with Crippen LogP contribution in [0, 0.1) is 0 Å². The average molecular weight is 331 g/mol. The molecule has 0 aliphatic heterocycles. The van der Waals surface area contributed by atoms with E-state index in [0.717, 1.165) is 38.5 Å². The lowest BCUT2D eigenvalue weighted by atomic mass is 10.1. The molecule has 5 aromatic rings. The number of para-hydroxylation sites is 4. The van der Waals surface area contributed by atoms with Gasteiger partial charge in [-0.25, -0.2) is 9.97 Å². The van der Waals surface area contributed by atoms with E-state index in [-0.39, 0.29) is 0 Å². The van der Waals surface area contributed by atoms with E-state index >= 15 is 0 Å². The van der Waals surface area contributed by atoms with Gasteiger partial charge in [-0.1, -0.05) is 54.1 Å². The van der Waals surface area contributed by atoms with Crippen LogP contribution in [0.2, 0.25) is 5.15 Å². The summed E-state index contributed by atoms with van der Waals surface area (Å²) < 4.78 is 6.08. The molecular formula is C20H11ClN2O. The van der Waals surface area contributed by atoms with E-state index in [0.29, 0.717) is 10.8 Å². The highest BCUT2D eigenvalue weighted by atomic mass is 35.5. The Hall–Kier alpha value is -2.91. The molecule has 5 rings (SSSR count). The molecule has 24 heavy (non-hydrogen) atoms. The Labute approximate surface area is 142 Å². The van der Waals surface area contributed by atoms with E-state index in [1.807, 2.05) is 60.7 Å². The number of benzene rings is 3. The maximum Gasteiger partial charge on any atom is 0.156 e. The highest BCUT2D eigenvalue weighted by Gasteiger charge is 2.16. The number of aromatic nitrogens is 2. The number of halogens is 1. The molecule has 0 amide bonds. The van der Waals surface area contributed by atoms with Crippen LogP contribution in [0.25, 0.3) is 44.2 Å². The molecule has 0 unspecified atom stereocenters. The molecule has 0 bridgehead atoms. The standard InChI is InChI=1S/C20H11ClN2O/c21-20-18(22-15-9-2-3-10-16(15)23-20)14-8-5-7-13-12-6-1-4-11-17(12)24-19(13)14/h1-11H. The summed E-state index contributed by atoms with van der Waals surface area (Å²) in [5.41, 5.74) is 4.72. The third-order valence-corrected chi connectivity index (χ3v) is 4.45. The average Bonchev–Trinajstić information content (AvgIpc) is 3.00. The zero-order chi connectivity index (χ0) is 16.1. The fourth-order valence-corrected chi connectivity index (χ4v) is 3.32. The lowest BCUT2D eigenvalue weighted by Gasteiger charge is -2.06. The molecule has 3 aromatic carbocycles. The lowest BCUT2D eigenvalue weighted by Crippen LogP contribution is -1.91. The van der Waals surface area contributed by atoms with Crippen molar-refractivity contribution in [2.45, 2.75) is 0 Å². The molecule has 0 N–H and O–H groups in total. The molecule has 0 spiro atoms. The third kappa shape index (κ3) is 1.92. The van der Waals surface area contributed by atoms with Crippen LogP contribution in [0.4, 0.5) is 0 Å². The molecule has 0 atom stereocenters. The summed E-state index contributed by atoms with van der Waals surface area (Å²) >= 11 is 6.42. The second kappa shape index (κ2) is 5.05. The van der Waals surface area contributed by atoms with Crippen molar-refractivity contribution in [3.63, 3.8) is 0 Å². The summed E-state index contributed by atoms with van der Waals surface area (Å²) in [5.74, 6) is 0. The van der Waals surface area contributed by atoms with Crippen molar-refractivity contribution in [3.05, 3.63) is 71.9 Å². The van der Waals surface area contributed by atoms with Crippen LogP contribution >= 0.6 is 11.6 Å². The second-order valence-electron chi connectivity index (χ2n) is 5.63. The van der Waals surface area contributed by atoms with Gasteiger partial charge in [0.15, 0.2) is 5.15 Å². The third-order valence-electron chi connectivity index (χ3n) is 4.19. The van der Waals surface area contributed by atoms with Gasteiger partial charge >= 0.3 is 0 Å². The molecule has 114 valence electrons. The summed E-state index contributed by atoms with van der Waals surface area (Å²) in [5, 5.41) is 2.51. The van der Waals surface area contributed by atoms with Crippen molar-refractivity contribution in [2.75, 3.05) is 0 Å². The molecule has 0 saturated carbocycles. The highest BCUT2D eigenvalue weighted by Crippen LogP contribution is 2.37. The second-order valence-corrected chi connectivity index (χ2v) is 5.99. The Morgan fingerprint density at radius 2 is 1.42 bits per heavy atom. The largest absolute Gasteiger partial charge is 0.455 e. The van der Waals surface area contributed by atoms with Crippen molar-refractivity contribution >= 4 is 44.6 Å². The van der Waals surface area contributed by atoms with E-state index in [9.17, 15) is 0 Å². The fraction of sp³-hybridized carbons (Fsp3) is 0. The van der Waals surface area contributed by atoms with E-state index in [1.54, 1.807) is 0 Å².